The van der Waals surface area contributed by atoms with Crippen molar-refractivity contribution in [1.82, 2.24) is 19.8 Å². The fourth-order valence-electron chi connectivity index (χ4n) is 4.91. The van der Waals surface area contributed by atoms with Crippen molar-refractivity contribution in [3.05, 3.63) is 54.5 Å². The molecule has 148 valence electrons. The van der Waals surface area contributed by atoms with Gasteiger partial charge in [-0.3, -0.25) is 14.7 Å². The number of carbonyl (C=O) groups is 1. The zero-order valence-electron chi connectivity index (χ0n) is 16.8. The predicted octanol–water partition coefficient (Wildman–Crippen LogP) is 2.28. The van der Waals surface area contributed by atoms with Crippen molar-refractivity contribution in [3.8, 4) is 0 Å². The van der Waals surface area contributed by atoms with Gasteiger partial charge in [0.1, 0.15) is 5.82 Å². The number of carbonyl (C=O) groups excluding carboxylic acids is 1. The molecule has 2 aromatic rings. The maximum absolute atomic E-state index is 13.3. The topological polar surface area (TPSA) is 52.6 Å². The van der Waals surface area contributed by atoms with Crippen molar-refractivity contribution in [2.45, 2.75) is 19.4 Å². The highest BCUT2D eigenvalue weighted by atomic mass is 16.2. The van der Waals surface area contributed by atoms with E-state index in [-0.39, 0.29) is 11.3 Å². The van der Waals surface area contributed by atoms with Crippen LogP contribution in [0.1, 0.15) is 18.4 Å². The SMILES string of the molecule is CN(C)C(=O)[C@]12CCCN(Cc3ccncc3)C[C@H]1CN(c1ccccn1)C2. The third-order valence-corrected chi connectivity index (χ3v) is 6.23. The molecule has 6 heteroatoms. The van der Waals surface area contributed by atoms with E-state index >= 15 is 0 Å². The first-order valence-electron chi connectivity index (χ1n) is 10.1. The zero-order chi connectivity index (χ0) is 19.6. The van der Waals surface area contributed by atoms with Crippen LogP contribution in [-0.2, 0) is 11.3 Å². The lowest BCUT2D eigenvalue weighted by Crippen LogP contribution is -2.47. The Morgan fingerprint density at radius 2 is 2.00 bits per heavy atom. The molecule has 1 amide bonds. The maximum Gasteiger partial charge on any atom is 0.230 e. The van der Waals surface area contributed by atoms with Crippen LogP contribution in [0.2, 0.25) is 0 Å². The fourth-order valence-corrected chi connectivity index (χ4v) is 4.91. The van der Waals surface area contributed by atoms with Gasteiger partial charge in [0.15, 0.2) is 0 Å². The lowest BCUT2D eigenvalue weighted by Gasteiger charge is -2.34. The molecule has 0 aromatic carbocycles. The van der Waals surface area contributed by atoms with Gasteiger partial charge in [0.25, 0.3) is 0 Å². The third kappa shape index (κ3) is 3.61. The predicted molar refractivity (Wildman–Crippen MR) is 110 cm³/mol. The molecule has 2 aromatic heterocycles. The molecule has 6 nitrogen and oxygen atoms in total. The summed E-state index contributed by atoms with van der Waals surface area (Å²) in [5, 5.41) is 0. The number of fused-ring (bicyclic) bond motifs is 1. The van der Waals surface area contributed by atoms with Crippen molar-refractivity contribution in [2.75, 3.05) is 45.2 Å². The minimum Gasteiger partial charge on any atom is -0.355 e. The summed E-state index contributed by atoms with van der Waals surface area (Å²) in [6, 6.07) is 10.2. The van der Waals surface area contributed by atoms with Gasteiger partial charge < -0.3 is 9.80 Å². The molecule has 0 N–H and O–H groups in total. The van der Waals surface area contributed by atoms with Gasteiger partial charge >= 0.3 is 0 Å². The second kappa shape index (κ2) is 7.87. The van der Waals surface area contributed by atoms with Gasteiger partial charge in [-0.25, -0.2) is 4.98 Å². The number of aromatic nitrogens is 2. The van der Waals surface area contributed by atoms with Crippen LogP contribution in [0.4, 0.5) is 5.82 Å². The average molecular weight is 380 g/mol. The van der Waals surface area contributed by atoms with E-state index in [1.165, 1.54) is 5.56 Å². The number of nitrogens with zero attached hydrogens (tertiary/aromatic N) is 5. The van der Waals surface area contributed by atoms with E-state index in [0.717, 1.165) is 51.4 Å². The Labute approximate surface area is 167 Å². The van der Waals surface area contributed by atoms with Gasteiger partial charge in [-0.1, -0.05) is 6.07 Å². The lowest BCUT2D eigenvalue weighted by atomic mass is 9.74. The van der Waals surface area contributed by atoms with Crippen LogP contribution in [0.15, 0.2) is 48.9 Å². The molecule has 2 saturated heterocycles. The number of pyridine rings is 2. The molecule has 4 heterocycles. The molecule has 0 radical (unpaired) electrons. The normalized spacial score (nSPS) is 25.2. The monoisotopic (exact) mass is 379 g/mol. The number of amides is 1. The highest BCUT2D eigenvalue weighted by Crippen LogP contribution is 2.45. The molecule has 2 atom stereocenters. The number of hydrogen-bond acceptors (Lipinski definition) is 5. The highest BCUT2D eigenvalue weighted by molar-refractivity contribution is 5.84. The smallest absolute Gasteiger partial charge is 0.230 e. The minimum absolute atomic E-state index is 0.265. The Kier molecular flexibility index (Phi) is 5.31. The van der Waals surface area contributed by atoms with E-state index in [0.29, 0.717) is 5.92 Å². The van der Waals surface area contributed by atoms with Crippen molar-refractivity contribution in [3.63, 3.8) is 0 Å². The number of hydrogen-bond donors (Lipinski definition) is 0. The van der Waals surface area contributed by atoms with E-state index in [9.17, 15) is 4.79 Å². The van der Waals surface area contributed by atoms with Gasteiger partial charge in [-0.15, -0.1) is 0 Å². The second-order valence-electron chi connectivity index (χ2n) is 8.32. The molecular weight excluding hydrogens is 350 g/mol. The first-order valence-corrected chi connectivity index (χ1v) is 10.1. The van der Waals surface area contributed by atoms with Crippen LogP contribution in [0.25, 0.3) is 0 Å². The van der Waals surface area contributed by atoms with Gasteiger partial charge in [0.05, 0.1) is 5.41 Å². The molecule has 2 fully saturated rings. The van der Waals surface area contributed by atoms with E-state index in [1.54, 1.807) is 4.90 Å². The largest absolute Gasteiger partial charge is 0.355 e. The van der Waals surface area contributed by atoms with Gasteiger partial charge in [0, 0.05) is 64.8 Å². The van der Waals surface area contributed by atoms with Gasteiger partial charge in [-0.05, 0) is 49.2 Å². The second-order valence-corrected chi connectivity index (χ2v) is 8.32. The van der Waals surface area contributed by atoms with Crippen LogP contribution in [-0.4, -0.2) is 65.9 Å². The Bertz CT molecular complexity index is 797. The van der Waals surface area contributed by atoms with E-state index in [4.69, 9.17) is 0 Å². The molecule has 0 unspecified atom stereocenters. The van der Waals surface area contributed by atoms with Crippen LogP contribution in [0.5, 0.6) is 0 Å². The molecular formula is C22H29N5O. The molecule has 0 bridgehead atoms. The summed E-state index contributed by atoms with van der Waals surface area (Å²) in [5.41, 5.74) is 0.953. The zero-order valence-corrected chi connectivity index (χ0v) is 16.8. The number of rotatable bonds is 4. The molecule has 4 rings (SSSR count). The van der Waals surface area contributed by atoms with Crippen LogP contribution >= 0.6 is 0 Å². The summed E-state index contributed by atoms with van der Waals surface area (Å²) in [5.74, 6) is 1.54. The minimum atomic E-state index is -0.325. The first kappa shape index (κ1) is 18.9. The Hall–Kier alpha value is -2.47. The average Bonchev–Trinajstić information content (AvgIpc) is 2.99. The third-order valence-electron chi connectivity index (χ3n) is 6.23. The summed E-state index contributed by atoms with van der Waals surface area (Å²) >= 11 is 0. The summed E-state index contributed by atoms with van der Waals surface area (Å²) in [6.07, 6.45) is 7.51. The van der Waals surface area contributed by atoms with Gasteiger partial charge in [0.2, 0.25) is 5.91 Å². The Balaban J connectivity index is 1.60. The quantitative estimate of drug-likeness (QED) is 0.816. The summed E-state index contributed by atoms with van der Waals surface area (Å²) in [7, 11) is 3.77. The summed E-state index contributed by atoms with van der Waals surface area (Å²) in [6.45, 7) is 4.52. The Morgan fingerprint density at radius 1 is 1.18 bits per heavy atom. The van der Waals surface area contributed by atoms with Crippen molar-refractivity contribution in [1.29, 1.82) is 0 Å². The molecule has 2 aliphatic rings. The van der Waals surface area contributed by atoms with Crippen molar-refractivity contribution in [2.24, 2.45) is 11.3 Å². The van der Waals surface area contributed by atoms with Crippen LogP contribution in [0.3, 0.4) is 0 Å². The standard InChI is InChI=1S/C22H29N5O/c1-25(2)21(28)22-9-5-13-26(14-18-7-11-23-12-8-18)15-19(22)16-27(17-22)20-6-3-4-10-24-20/h3-4,6-8,10-12,19H,5,9,13-17H2,1-2H3/t19-,22-/m0/s1. The van der Waals surface area contributed by atoms with E-state index in [1.807, 2.05) is 50.9 Å². The van der Waals surface area contributed by atoms with E-state index in [2.05, 4.69) is 31.9 Å². The Morgan fingerprint density at radius 3 is 2.71 bits per heavy atom. The molecule has 0 saturated carbocycles. The molecule has 28 heavy (non-hydrogen) atoms. The molecule has 2 aliphatic heterocycles. The van der Waals surface area contributed by atoms with E-state index < -0.39 is 0 Å². The fraction of sp³-hybridized carbons (Fsp3) is 0.500. The van der Waals surface area contributed by atoms with Gasteiger partial charge in [-0.2, -0.15) is 0 Å². The van der Waals surface area contributed by atoms with Crippen LogP contribution in [0, 0.1) is 11.3 Å². The van der Waals surface area contributed by atoms with Crippen LogP contribution < -0.4 is 4.90 Å². The molecule has 0 aliphatic carbocycles. The molecule has 0 spiro atoms. The number of anilines is 1. The highest BCUT2D eigenvalue weighted by Gasteiger charge is 2.53. The summed E-state index contributed by atoms with van der Waals surface area (Å²) in [4.78, 5) is 28.6. The maximum atomic E-state index is 13.3. The van der Waals surface area contributed by atoms with Crippen molar-refractivity contribution >= 4 is 11.7 Å². The first-order chi connectivity index (χ1) is 13.6. The number of likely N-dealkylation sites (tertiary alicyclic amines) is 1. The summed E-state index contributed by atoms with van der Waals surface area (Å²) < 4.78 is 0. The van der Waals surface area contributed by atoms with Crippen molar-refractivity contribution < 1.29 is 4.79 Å². The lowest BCUT2D eigenvalue weighted by molar-refractivity contribution is -0.141.